The van der Waals surface area contributed by atoms with Crippen LogP contribution in [0.15, 0.2) is 109 Å². The van der Waals surface area contributed by atoms with Gasteiger partial charge in [0, 0.05) is 11.8 Å². The minimum Gasteiger partial charge on any atom is -0.454 e. The van der Waals surface area contributed by atoms with Gasteiger partial charge in [-0.3, -0.25) is 0 Å². The standard InChI is InChI=1S/C33H24O4/c34-32(24-15-13-20-7-1-3-9-22(20)17-24)36-30-28-19-29(27-12-6-5-11-26(27)28)31(30)37-33(35)25-16-14-21-8-2-4-10-23(21)18-25/h1-18,28-31H,19H2/t28?,29?,30-,31?/m1/s1. The second-order valence-corrected chi connectivity index (χ2v) is 9.94. The van der Waals surface area contributed by atoms with Gasteiger partial charge in [-0.05, 0) is 63.4 Å². The zero-order valence-electron chi connectivity index (χ0n) is 20.0. The van der Waals surface area contributed by atoms with Gasteiger partial charge in [-0.25, -0.2) is 9.59 Å². The summed E-state index contributed by atoms with van der Waals surface area (Å²) in [6.45, 7) is 0. The Labute approximate surface area is 214 Å². The molecule has 2 aliphatic carbocycles. The summed E-state index contributed by atoms with van der Waals surface area (Å²) >= 11 is 0. The Morgan fingerprint density at radius 3 is 1.38 bits per heavy atom. The Morgan fingerprint density at radius 2 is 0.919 bits per heavy atom. The molecule has 180 valence electrons. The summed E-state index contributed by atoms with van der Waals surface area (Å²) in [6.07, 6.45) is -0.281. The lowest BCUT2D eigenvalue weighted by Gasteiger charge is -2.32. The van der Waals surface area contributed by atoms with Crippen LogP contribution in [0.3, 0.4) is 0 Å². The number of carbonyl (C=O) groups is 2. The Hall–Kier alpha value is -4.44. The van der Waals surface area contributed by atoms with Crippen molar-refractivity contribution in [1.29, 1.82) is 0 Å². The Morgan fingerprint density at radius 1 is 0.514 bits per heavy atom. The van der Waals surface area contributed by atoms with Gasteiger partial charge < -0.3 is 9.47 Å². The fourth-order valence-electron chi connectivity index (χ4n) is 6.11. The van der Waals surface area contributed by atoms with Crippen LogP contribution in [0.25, 0.3) is 21.5 Å². The normalized spacial score (nSPS) is 21.6. The lowest BCUT2D eigenvalue weighted by atomic mass is 9.87. The van der Waals surface area contributed by atoms with Gasteiger partial charge in [0.15, 0.2) is 0 Å². The summed E-state index contributed by atoms with van der Waals surface area (Å²) in [4.78, 5) is 26.6. The van der Waals surface area contributed by atoms with Gasteiger partial charge >= 0.3 is 11.9 Å². The molecular formula is C33H24O4. The molecule has 0 radical (unpaired) electrons. The molecule has 2 aliphatic rings. The van der Waals surface area contributed by atoms with E-state index in [0.717, 1.165) is 28.0 Å². The monoisotopic (exact) mass is 484 g/mol. The van der Waals surface area contributed by atoms with E-state index in [1.165, 1.54) is 11.1 Å². The highest BCUT2D eigenvalue weighted by atomic mass is 16.6. The van der Waals surface area contributed by atoms with Gasteiger partial charge in [-0.2, -0.15) is 0 Å². The molecule has 0 spiro atoms. The first-order chi connectivity index (χ1) is 18.2. The summed E-state index contributed by atoms with van der Waals surface area (Å²) in [5.74, 6) is -0.792. The fourth-order valence-corrected chi connectivity index (χ4v) is 6.11. The molecule has 1 saturated carbocycles. The first-order valence-corrected chi connectivity index (χ1v) is 12.6. The predicted octanol–water partition coefficient (Wildman–Crippen LogP) is 7.03. The van der Waals surface area contributed by atoms with Gasteiger partial charge in [0.1, 0.15) is 12.2 Å². The van der Waals surface area contributed by atoms with Gasteiger partial charge in [-0.15, -0.1) is 0 Å². The second kappa shape index (κ2) is 8.59. The molecule has 2 bridgehead atoms. The molecule has 37 heavy (non-hydrogen) atoms. The molecule has 7 rings (SSSR count). The number of carbonyl (C=O) groups excluding carboxylic acids is 2. The number of fused-ring (bicyclic) bond motifs is 7. The highest BCUT2D eigenvalue weighted by Crippen LogP contribution is 2.55. The quantitative estimate of drug-likeness (QED) is 0.257. The number of esters is 2. The van der Waals surface area contributed by atoms with E-state index < -0.39 is 24.1 Å². The Kier molecular flexibility index (Phi) is 5.07. The summed E-state index contributed by atoms with van der Waals surface area (Å²) in [5, 5.41) is 4.09. The number of hydrogen-bond donors (Lipinski definition) is 0. The Bertz CT molecular complexity index is 1560. The molecule has 4 heteroatoms. The largest absolute Gasteiger partial charge is 0.454 e. The topological polar surface area (TPSA) is 52.6 Å². The molecule has 1 fully saturated rings. The minimum atomic E-state index is -0.539. The van der Waals surface area contributed by atoms with Crippen molar-refractivity contribution in [3.8, 4) is 0 Å². The molecule has 4 nitrogen and oxygen atoms in total. The third-order valence-electron chi connectivity index (χ3n) is 7.88. The second-order valence-electron chi connectivity index (χ2n) is 9.94. The maximum Gasteiger partial charge on any atom is 0.338 e. The number of rotatable bonds is 4. The van der Waals surface area contributed by atoms with E-state index >= 15 is 0 Å². The molecule has 0 heterocycles. The fraction of sp³-hybridized carbons (Fsp3) is 0.152. The predicted molar refractivity (Wildman–Crippen MR) is 143 cm³/mol. The molecule has 5 aromatic rings. The van der Waals surface area contributed by atoms with Crippen LogP contribution in [0.5, 0.6) is 0 Å². The molecule has 3 unspecified atom stereocenters. The molecular weight excluding hydrogens is 460 g/mol. The van der Waals surface area contributed by atoms with Crippen molar-refractivity contribution in [3.63, 3.8) is 0 Å². The molecule has 0 amide bonds. The third kappa shape index (κ3) is 3.68. The molecule has 0 N–H and O–H groups in total. The first-order valence-electron chi connectivity index (χ1n) is 12.6. The van der Waals surface area contributed by atoms with E-state index in [-0.39, 0.29) is 11.8 Å². The molecule has 0 aliphatic heterocycles. The maximum atomic E-state index is 13.3. The Balaban J connectivity index is 1.19. The highest BCUT2D eigenvalue weighted by molar-refractivity contribution is 5.96. The summed E-state index contributed by atoms with van der Waals surface area (Å²) < 4.78 is 12.3. The smallest absolute Gasteiger partial charge is 0.338 e. The van der Waals surface area contributed by atoms with Crippen molar-refractivity contribution in [2.45, 2.75) is 30.5 Å². The van der Waals surface area contributed by atoms with E-state index in [9.17, 15) is 9.59 Å². The van der Waals surface area contributed by atoms with Crippen molar-refractivity contribution in [2.75, 3.05) is 0 Å². The highest BCUT2D eigenvalue weighted by Gasteiger charge is 2.55. The van der Waals surface area contributed by atoms with Crippen LogP contribution < -0.4 is 0 Å². The van der Waals surface area contributed by atoms with Crippen LogP contribution in [-0.2, 0) is 9.47 Å². The van der Waals surface area contributed by atoms with E-state index in [1.807, 2.05) is 84.9 Å². The lowest BCUT2D eigenvalue weighted by Crippen LogP contribution is -2.39. The van der Waals surface area contributed by atoms with Gasteiger partial charge in [0.25, 0.3) is 0 Å². The zero-order chi connectivity index (χ0) is 24.9. The van der Waals surface area contributed by atoms with Crippen LogP contribution in [0.2, 0.25) is 0 Å². The number of ether oxygens (including phenoxy) is 2. The van der Waals surface area contributed by atoms with Crippen LogP contribution in [0.4, 0.5) is 0 Å². The van der Waals surface area contributed by atoms with Gasteiger partial charge in [-0.1, -0.05) is 84.9 Å². The summed E-state index contributed by atoms with van der Waals surface area (Å²) in [5.41, 5.74) is 3.35. The SMILES string of the molecule is O=C(OC1C2CC(c3ccccc32)[C@H]1OC(=O)c1ccc2ccccc2c1)c1ccc2ccccc2c1. The van der Waals surface area contributed by atoms with Crippen molar-refractivity contribution < 1.29 is 19.1 Å². The summed E-state index contributed by atoms with van der Waals surface area (Å²) in [7, 11) is 0. The van der Waals surface area contributed by atoms with Crippen LogP contribution in [-0.4, -0.2) is 24.1 Å². The molecule has 0 saturated heterocycles. The van der Waals surface area contributed by atoms with Crippen LogP contribution >= 0.6 is 0 Å². The van der Waals surface area contributed by atoms with E-state index in [4.69, 9.17) is 9.47 Å². The minimum absolute atomic E-state index is 0.00000917. The lowest BCUT2D eigenvalue weighted by molar-refractivity contribution is -0.0348. The van der Waals surface area contributed by atoms with E-state index in [2.05, 4.69) is 12.1 Å². The van der Waals surface area contributed by atoms with Crippen molar-refractivity contribution >= 4 is 33.5 Å². The summed E-state index contributed by atoms with van der Waals surface area (Å²) in [6, 6.07) is 35.2. The van der Waals surface area contributed by atoms with Crippen molar-refractivity contribution in [1.82, 2.24) is 0 Å². The zero-order valence-corrected chi connectivity index (χ0v) is 20.0. The molecule has 0 aromatic heterocycles. The maximum absolute atomic E-state index is 13.3. The van der Waals surface area contributed by atoms with Crippen molar-refractivity contribution in [3.05, 3.63) is 131 Å². The van der Waals surface area contributed by atoms with Gasteiger partial charge in [0.05, 0.1) is 11.1 Å². The van der Waals surface area contributed by atoms with E-state index in [1.54, 1.807) is 12.1 Å². The average molecular weight is 485 g/mol. The third-order valence-corrected chi connectivity index (χ3v) is 7.88. The van der Waals surface area contributed by atoms with Crippen molar-refractivity contribution in [2.24, 2.45) is 0 Å². The average Bonchev–Trinajstić information content (AvgIpc) is 3.49. The van der Waals surface area contributed by atoms with Gasteiger partial charge in [0.2, 0.25) is 0 Å². The first kappa shape index (κ1) is 21.8. The number of benzene rings is 5. The van der Waals surface area contributed by atoms with Crippen LogP contribution in [0.1, 0.15) is 50.1 Å². The van der Waals surface area contributed by atoms with Crippen LogP contribution in [0, 0.1) is 0 Å². The number of hydrogen-bond acceptors (Lipinski definition) is 4. The van der Waals surface area contributed by atoms with E-state index in [0.29, 0.717) is 11.1 Å². The molecule has 4 atom stereocenters. The molecule has 5 aromatic carbocycles.